The Morgan fingerprint density at radius 3 is 2.52 bits per heavy atom. The smallest absolute Gasteiger partial charge is 0.0480 e. The molecular formula is C18H28N2O. The molecule has 0 radical (unpaired) electrons. The Balaban J connectivity index is 1.55. The lowest BCUT2D eigenvalue weighted by atomic mass is 10.0. The first-order chi connectivity index (χ1) is 10.3. The Kier molecular flexibility index (Phi) is 5.28. The fraction of sp³-hybridized carbons (Fsp3) is 0.667. The third kappa shape index (κ3) is 4.53. The summed E-state index contributed by atoms with van der Waals surface area (Å²) < 4.78 is 5.47. The van der Waals surface area contributed by atoms with Gasteiger partial charge in [-0.15, -0.1) is 0 Å². The second-order valence-corrected chi connectivity index (χ2v) is 6.51. The van der Waals surface area contributed by atoms with Gasteiger partial charge >= 0.3 is 0 Å². The van der Waals surface area contributed by atoms with Crippen LogP contribution in [0, 0.1) is 0 Å². The number of rotatable bonds is 7. The van der Waals surface area contributed by atoms with Crippen molar-refractivity contribution in [1.82, 2.24) is 10.2 Å². The molecule has 1 aliphatic heterocycles. The van der Waals surface area contributed by atoms with Crippen molar-refractivity contribution >= 4 is 0 Å². The molecule has 0 unspecified atom stereocenters. The highest BCUT2D eigenvalue weighted by Crippen LogP contribution is 2.20. The van der Waals surface area contributed by atoms with Crippen LogP contribution >= 0.6 is 0 Å². The Morgan fingerprint density at radius 1 is 1.10 bits per heavy atom. The van der Waals surface area contributed by atoms with Crippen LogP contribution in [0.25, 0.3) is 0 Å². The predicted octanol–water partition coefficient (Wildman–Crippen LogP) is 2.59. The average Bonchev–Trinajstić information content (AvgIpc) is 3.34. The van der Waals surface area contributed by atoms with Crippen molar-refractivity contribution in [2.24, 2.45) is 0 Å². The van der Waals surface area contributed by atoms with Gasteiger partial charge < -0.3 is 10.1 Å². The number of hydrogen-bond acceptors (Lipinski definition) is 3. The molecule has 0 aromatic heterocycles. The van der Waals surface area contributed by atoms with E-state index in [1.54, 1.807) is 0 Å². The van der Waals surface area contributed by atoms with E-state index in [2.05, 4.69) is 41.5 Å². The topological polar surface area (TPSA) is 24.5 Å². The molecule has 1 N–H and O–H groups in total. The van der Waals surface area contributed by atoms with Crippen LogP contribution in [-0.2, 0) is 17.7 Å². The Morgan fingerprint density at radius 2 is 1.81 bits per heavy atom. The number of benzene rings is 1. The van der Waals surface area contributed by atoms with Gasteiger partial charge in [-0.05, 0) is 56.8 Å². The lowest BCUT2D eigenvalue weighted by molar-refractivity contribution is 0.0406. The van der Waals surface area contributed by atoms with Crippen molar-refractivity contribution in [2.75, 3.05) is 26.8 Å². The molecule has 1 saturated carbocycles. The molecule has 1 heterocycles. The summed E-state index contributed by atoms with van der Waals surface area (Å²) in [5, 5.41) is 3.62. The third-order valence-corrected chi connectivity index (χ3v) is 4.76. The van der Waals surface area contributed by atoms with Gasteiger partial charge in [-0.25, -0.2) is 0 Å². The fourth-order valence-corrected chi connectivity index (χ4v) is 3.18. The molecule has 1 saturated heterocycles. The summed E-state index contributed by atoms with van der Waals surface area (Å²) in [6, 6.07) is 10.4. The molecule has 1 aliphatic carbocycles. The summed E-state index contributed by atoms with van der Waals surface area (Å²) in [7, 11) is 2.26. The van der Waals surface area contributed by atoms with Crippen LogP contribution < -0.4 is 5.32 Å². The first-order valence-corrected chi connectivity index (χ1v) is 8.41. The normalized spacial score (nSPS) is 20.1. The number of nitrogens with zero attached hydrogens (tertiary/aromatic N) is 1. The molecule has 0 atom stereocenters. The van der Waals surface area contributed by atoms with Crippen LogP contribution in [0.2, 0.25) is 0 Å². The Hall–Kier alpha value is -0.900. The van der Waals surface area contributed by atoms with Crippen LogP contribution in [0.5, 0.6) is 0 Å². The molecule has 3 rings (SSSR count). The van der Waals surface area contributed by atoms with Crippen molar-refractivity contribution in [2.45, 2.75) is 50.7 Å². The SMILES string of the molecule is CN(Cc1ccccc1CCNC1CC1)C1CCOCC1. The van der Waals surface area contributed by atoms with E-state index >= 15 is 0 Å². The van der Waals surface area contributed by atoms with Gasteiger partial charge in [0, 0.05) is 31.8 Å². The maximum Gasteiger partial charge on any atom is 0.0480 e. The predicted molar refractivity (Wildman–Crippen MR) is 86.5 cm³/mol. The van der Waals surface area contributed by atoms with Crippen LogP contribution in [0.3, 0.4) is 0 Å². The van der Waals surface area contributed by atoms with Crippen molar-refractivity contribution in [3.05, 3.63) is 35.4 Å². The molecule has 0 spiro atoms. The molecule has 2 aliphatic rings. The molecule has 1 aromatic rings. The molecule has 21 heavy (non-hydrogen) atoms. The van der Waals surface area contributed by atoms with E-state index in [4.69, 9.17) is 4.74 Å². The lowest BCUT2D eigenvalue weighted by Gasteiger charge is -2.31. The second-order valence-electron chi connectivity index (χ2n) is 6.51. The second kappa shape index (κ2) is 7.39. The molecular weight excluding hydrogens is 260 g/mol. The van der Waals surface area contributed by atoms with Crippen LogP contribution in [-0.4, -0.2) is 43.8 Å². The zero-order valence-corrected chi connectivity index (χ0v) is 13.2. The van der Waals surface area contributed by atoms with Gasteiger partial charge in [-0.1, -0.05) is 24.3 Å². The quantitative estimate of drug-likeness (QED) is 0.834. The lowest BCUT2D eigenvalue weighted by Crippen LogP contribution is -2.36. The first-order valence-electron chi connectivity index (χ1n) is 8.41. The average molecular weight is 288 g/mol. The molecule has 3 heteroatoms. The monoisotopic (exact) mass is 288 g/mol. The van der Waals surface area contributed by atoms with Gasteiger partial charge in [0.15, 0.2) is 0 Å². The minimum absolute atomic E-state index is 0.677. The fourth-order valence-electron chi connectivity index (χ4n) is 3.18. The molecule has 0 amide bonds. The van der Waals surface area contributed by atoms with Crippen LogP contribution in [0.4, 0.5) is 0 Å². The molecule has 116 valence electrons. The summed E-state index contributed by atoms with van der Waals surface area (Å²) in [6.07, 6.45) is 6.22. The molecule has 0 bridgehead atoms. The highest BCUT2D eigenvalue weighted by atomic mass is 16.5. The maximum absolute atomic E-state index is 5.47. The van der Waals surface area contributed by atoms with E-state index in [0.29, 0.717) is 6.04 Å². The largest absolute Gasteiger partial charge is 0.381 e. The van der Waals surface area contributed by atoms with Gasteiger partial charge in [-0.2, -0.15) is 0 Å². The van der Waals surface area contributed by atoms with Gasteiger partial charge in [0.25, 0.3) is 0 Å². The van der Waals surface area contributed by atoms with Crippen LogP contribution in [0.15, 0.2) is 24.3 Å². The van der Waals surface area contributed by atoms with Gasteiger partial charge in [-0.3, -0.25) is 4.90 Å². The van der Waals surface area contributed by atoms with Crippen molar-refractivity contribution in [3.8, 4) is 0 Å². The third-order valence-electron chi connectivity index (χ3n) is 4.76. The highest BCUT2D eigenvalue weighted by Gasteiger charge is 2.21. The number of nitrogens with one attached hydrogen (secondary N) is 1. The van der Waals surface area contributed by atoms with E-state index in [0.717, 1.165) is 38.8 Å². The van der Waals surface area contributed by atoms with E-state index in [-0.39, 0.29) is 0 Å². The van der Waals surface area contributed by atoms with Crippen molar-refractivity contribution in [1.29, 1.82) is 0 Å². The summed E-state index contributed by atoms with van der Waals surface area (Å²) in [5.41, 5.74) is 2.99. The zero-order valence-electron chi connectivity index (χ0n) is 13.2. The van der Waals surface area contributed by atoms with E-state index in [9.17, 15) is 0 Å². The zero-order chi connectivity index (χ0) is 14.5. The summed E-state index contributed by atoms with van der Waals surface area (Å²) >= 11 is 0. The van der Waals surface area contributed by atoms with Gasteiger partial charge in [0.2, 0.25) is 0 Å². The minimum Gasteiger partial charge on any atom is -0.381 e. The molecule has 3 nitrogen and oxygen atoms in total. The highest BCUT2D eigenvalue weighted by molar-refractivity contribution is 5.27. The summed E-state index contributed by atoms with van der Waals surface area (Å²) in [4.78, 5) is 2.51. The Bertz CT molecular complexity index is 439. The Labute approximate surface area is 128 Å². The first kappa shape index (κ1) is 15.0. The number of hydrogen-bond donors (Lipinski definition) is 1. The van der Waals surface area contributed by atoms with Crippen LogP contribution in [0.1, 0.15) is 36.8 Å². The maximum atomic E-state index is 5.47. The van der Waals surface area contributed by atoms with E-state index in [1.807, 2.05) is 0 Å². The standard InChI is InChI=1S/C18H28N2O/c1-20(18-9-12-21-13-10-18)14-16-5-3-2-4-15(16)8-11-19-17-6-7-17/h2-5,17-19H,6-14H2,1H3. The van der Waals surface area contributed by atoms with E-state index in [1.165, 1.54) is 36.8 Å². The van der Waals surface area contributed by atoms with Crippen molar-refractivity contribution < 1.29 is 4.74 Å². The minimum atomic E-state index is 0.677. The van der Waals surface area contributed by atoms with Gasteiger partial charge in [0.05, 0.1) is 0 Å². The van der Waals surface area contributed by atoms with E-state index < -0.39 is 0 Å². The van der Waals surface area contributed by atoms with Crippen molar-refractivity contribution in [3.63, 3.8) is 0 Å². The van der Waals surface area contributed by atoms with Gasteiger partial charge in [0.1, 0.15) is 0 Å². The summed E-state index contributed by atoms with van der Waals surface area (Å²) in [6.45, 7) is 4.01. The molecule has 1 aromatic carbocycles. The summed E-state index contributed by atoms with van der Waals surface area (Å²) in [5.74, 6) is 0. The molecule has 2 fully saturated rings. The number of ether oxygens (including phenoxy) is 1.